The molecule has 0 aliphatic heterocycles. The monoisotopic (exact) mass is 364 g/mol. The lowest BCUT2D eigenvalue weighted by atomic mass is 10.2. The molecule has 7 heteroatoms. The summed E-state index contributed by atoms with van der Waals surface area (Å²) in [6.07, 6.45) is 3.73. The number of imidazole rings is 1. The van der Waals surface area contributed by atoms with Crippen molar-refractivity contribution >= 4 is 28.3 Å². The van der Waals surface area contributed by atoms with Crippen molar-refractivity contribution in [1.29, 1.82) is 0 Å². The third kappa shape index (κ3) is 3.17. The summed E-state index contributed by atoms with van der Waals surface area (Å²) in [5, 5.41) is 5.45. The van der Waals surface area contributed by atoms with Crippen LogP contribution >= 0.6 is 11.3 Å². The molecule has 26 heavy (non-hydrogen) atoms. The number of fused-ring (bicyclic) bond motifs is 1. The summed E-state index contributed by atoms with van der Waals surface area (Å²) in [7, 11) is 0. The highest BCUT2D eigenvalue weighted by molar-refractivity contribution is 7.13. The third-order valence-corrected chi connectivity index (χ3v) is 5.04. The first-order valence-electron chi connectivity index (χ1n) is 8.55. The number of aromatic nitrogens is 5. The third-order valence-electron chi connectivity index (χ3n) is 4.15. The van der Waals surface area contributed by atoms with E-state index in [1.54, 1.807) is 11.3 Å². The molecular weight excluding hydrogens is 344 g/mol. The second kappa shape index (κ2) is 6.84. The van der Waals surface area contributed by atoms with E-state index in [1.807, 2.05) is 25.5 Å². The molecular formula is C19H20N6S. The van der Waals surface area contributed by atoms with Crippen LogP contribution in [0.4, 0.5) is 5.82 Å². The Labute approximate surface area is 156 Å². The van der Waals surface area contributed by atoms with E-state index in [-0.39, 0.29) is 0 Å². The van der Waals surface area contributed by atoms with Crippen LogP contribution in [-0.2, 0) is 6.54 Å². The molecule has 0 aliphatic carbocycles. The molecule has 0 aromatic carbocycles. The average molecular weight is 364 g/mol. The maximum absolute atomic E-state index is 4.56. The van der Waals surface area contributed by atoms with Crippen LogP contribution in [0, 0.1) is 6.92 Å². The van der Waals surface area contributed by atoms with Crippen LogP contribution in [0.2, 0.25) is 0 Å². The second-order valence-electron chi connectivity index (χ2n) is 6.42. The SMILES string of the molecule is Cc1nc(NCc2ccc(-c3cccs3)nc2)c2ncn(C(C)C)c2n1. The molecule has 0 saturated heterocycles. The van der Waals surface area contributed by atoms with Crippen LogP contribution in [0.3, 0.4) is 0 Å². The van der Waals surface area contributed by atoms with Crippen LogP contribution in [0.15, 0.2) is 42.2 Å². The molecule has 0 fully saturated rings. The van der Waals surface area contributed by atoms with Gasteiger partial charge in [-0.2, -0.15) is 0 Å². The standard InChI is InChI=1S/C19H20N6S/c1-12(2)25-11-22-17-18(23-13(3)24-19(17)25)21-10-14-6-7-15(20-9-14)16-5-4-8-26-16/h4-9,11-12H,10H2,1-3H3,(H,21,23,24). The topological polar surface area (TPSA) is 68.5 Å². The van der Waals surface area contributed by atoms with E-state index >= 15 is 0 Å². The van der Waals surface area contributed by atoms with Crippen molar-refractivity contribution in [1.82, 2.24) is 24.5 Å². The lowest BCUT2D eigenvalue weighted by Crippen LogP contribution is -2.06. The zero-order valence-electron chi connectivity index (χ0n) is 15.0. The first kappa shape index (κ1) is 16.7. The first-order chi connectivity index (χ1) is 12.6. The molecule has 0 amide bonds. The molecule has 132 valence electrons. The molecule has 0 aliphatic rings. The predicted molar refractivity (Wildman–Crippen MR) is 105 cm³/mol. The van der Waals surface area contributed by atoms with Gasteiger partial charge in [0.2, 0.25) is 0 Å². The number of nitrogens with one attached hydrogen (secondary N) is 1. The van der Waals surface area contributed by atoms with Gasteiger partial charge in [0.25, 0.3) is 0 Å². The fraction of sp³-hybridized carbons (Fsp3) is 0.263. The summed E-state index contributed by atoms with van der Waals surface area (Å²) in [5.74, 6) is 1.49. The number of hydrogen-bond acceptors (Lipinski definition) is 6. The van der Waals surface area contributed by atoms with E-state index in [9.17, 15) is 0 Å². The molecule has 6 nitrogen and oxygen atoms in total. The predicted octanol–water partition coefficient (Wildman–Crippen LogP) is 4.45. The molecule has 0 atom stereocenters. The Morgan fingerprint density at radius 1 is 1.15 bits per heavy atom. The molecule has 0 unspecified atom stereocenters. The number of hydrogen-bond donors (Lipinski definition) is 1. The number of rotatable bonds is 5. The van der Waals surface area contributed by atoms with Gasteiger partial charge >= 0.3 is 0 Å². The van der Waals surface area contributed by atoms with Gasteiger partial charge in [0.15, 0.2) is 11.5 Å². The summed E-state index contributed by atoms with van der Waals surface area (Å²) < 4.78 is 2.06. The zero-order chi connectivity index (χ0) is 18.1. The van der Waals surface area contributed by atoms with Crippen molar-refractivity contribution < 1.29 is 0 Å². The molecule has 0 saturated carbocycles. The van der Waals surface area contributed by atoms with Crippen molar-refractivity contribution in [2.75, 3.05) is 5.32 Å². The van der Waals surface area contributed by atoms with E-state index in [0.29, 0.717) is 12.6 Å². The van der Waals surface area contributed by atoms with Gasteiger partial charge in [0.05, 0.1) is 16.9 Å². The normalized spacial score (nSPS) is 11.4. The highest BCUT2D eigenvalue weighted by atomic mass is 32.1. The summed E-state index contributed by atoms with van der Waals surface area (Å²) >= 11 is 1.69. The Balaban J connectivity index is 1.56. The van der Waals surface area contributed by atoms with Crippen LogP contribution in [-0.4, -0.2) is 24.5 Å². The smallest absolute Gasteiger partial charge is 0.165 e. The van der Waals surface area contributed by atoms with Crippen molar-refractivity contribution in [3.63, 3.8) is 0 Å². The van der Waals surface area contributed by atoms with E-state index < -0.39 is 0 Å². The van der Waals surface area contributed by atoms with Crippen molar-refractivity contribution in [2.24, 2.45) is 0 Å². The Morgan fingerprint density at radius 2 is 2.04 bits per heavy atom. The molecule has 4 aromatic heterocycles. The maximum Gasteiger partial charge on any atom is 0.165 e. The fourth-order valence-electron chi connectivity index (χ4n) is 2.81. The van der Waals surface area contributed by atoms with E-state index in [0.717, 1.165) is 34.1 Å². The molecule has 4 rings (SSSR count). The van der Waals surface area contributed by atoms with E-state index in [2.05, 4.69) is 67.2 Å². The van der Waals surface area contributed by atoms with E-state index in [1.165, 1.54) is 4.88 Å². The average Bonchev–Trinajstić information content (AvgIpc) is 3.29. The maximum atomic E-state index is 4.56. The van der Waals surface area contributed by atoms with E-state index in [4.69, 9.17) is 0 Å². The second-order valence-corrected chi connectivity index (χ2v) is 7.37. The lowest BCUT2D eigenvalue weighted by Gasteiger charge is -2.10. The van der Waals surface area contributed by atoms with Gasteiger partial charge < -0.3 is 9.88 Å². The molecule has 0 spiro atoms. The lowest BCUT2D eigenvalue weighted by molar-refractivity contribution is 0.612. The van der Waals surface area contributed by atoms with Crippen LogP contribution in [0.5, 0.6) is 0 Å². The van der Waals surface area contributed by atoms with Crippen LogP contribution < -0.4 is 5.32 Å². The number of pyridine rings is 1. The highest BCUT2D eigenvalue weighted by Gasteiger charge is 2.13. The van der Waals surface area contributed by atoms with Crippen molar-refractivity contribution in [2.45, 2.75) is 33.4 Å². The highest BCUT2D eigenvalue weighted by Crippen LogP contribution is 2.24. The summed E-state index contributed by atoms with van der Waals surface area (Å²) in [6, 6.07) is 8.56. The number of thiophene rings is 1. The van der Waals surface area contributed by atoms with Crippen LogP contribution in [0.1, 0.15) is 31.3 Å². The van der Waals surface area contributed by atoms with Crippen molar-refractivity contribution in [3.05, 3.63) is 53.6 Å². The summed E-state index contributed by atoms with van der Waals surface area (Å²) in [4.78, 5) is 19.3. The van der Waals surface area contributed by atoms with Gasteiger partial charge in [-0.1, -0.05) is 12.1 Å². The minimum atomic E-state index is 0.302. The van der Waals surface area contributed by atoms with Gasteiger partial charge in [-0.05, 0) is 43.8 Å². The molecule has 4 heterocycles. The molecule has 0 radical (unpaired) electrons. The quantitative estimate of drug-likeness (QED) is 0.566. The molecule has 4 aromatic rings. The molecule has 1 N–H and O–H groups in total. The van der Waals surface area contributed by atoms with Gasteiger partial charge in [-0.3, -0.25) is 4.98 Å². The Kier molecular flexibility index (Phi) is 4.38. The van der Waals surface area contributed by atoms with Gasteiger partial charge in [0, 0.05) is 18.8 Å². The number of anilines is 1. The number of nitrogens with zero attached hydrogens (tertiary/aromatic N) is 5. The first-order valence-corrected chi connectivity index (χ1v) is 9.43. The zero-order valence-corrected chi connectivity index (χ0v) is 15.8. The van der Waals surface area contributed by atoms with Gasteiger partial charge in [-0.25, -0.2) is 15.0 Å². The fourth-order valence-corrected chi connectivity index (χ4v) is 3.51. The summed E-state index contributed by atoms with van der Waals surface area (Å²) in [6.45, 7) is 6.77. The Morgan fingerprint density at radius 3 is 2.73 bits per heavy atom. The minimum Gasteiger partial charge on any atom is -0.364 e. The van der Waals surface area contributed by atoms with Gasteiger partial charge in [-0.15, -0.1) is 11.3 Å². The summed E-state index contributed by atoms with van der Waals surface area (Å²) in [5.41, 5.74) is 3.76. The Hall–Kier alpha value is -2.80. The Bertz CT molecular complexity index is 1020. The molecule has 0 bridgehead atoms. The number of aryl methyl sites for hydroxylation is 1. The van der Waals surface area contributed by atoms with Gasteiger partial charge in [0.1, 0.15) is 11.3 Å². The minimum absolute atomic E-state index is 0.302. The largest absolute Gasteiger partial charge is 0.364 e. The van der Waals surface area contributed by atoms with Crippen molar-refractivity contribution in [3.8, 4) is 10.6 Å². The van der Waals surface area contributed by atoms with Crippen LogP contribution in [0.25, 0.3) is 21.7 Å².